The fraction of sp³-hybridized carbons (Fsp3) is 0.161. The number of unbranched alkanes of at least 4 members (excludes halogenated alkanes) is 1. The van der Waals surface area contributed by atoms with Gasteiger partial charge in [-0.05, 0) is 60.0 Å². The molecule has 9 heteroatoms. The molecule has 0 aliphatic rings. The molecule has 4 rings (SSSR count). The molecule has 0 atom stereocenters. The van der Waals surface area contributed by atoms with E-state index in [0.717, 1.165) is 24.5 Å². The van der Waals surface area contributed by atoms with Crippen molar-refractivity contribution >= 4 is 0 Å². The summed E-state index contributed by atoms with van der Waals surface area (Å²) in [7, 11) is 0. The van der Waals surface area contributed by atoms with Crippen LogP contribution >= 0.6 is 0 Å². The molecule has 0 spiro atoms. The Morgan fingerprint density at radius 3 is 1.98 bits per heavy atom. The molecule has 0 saturated carbocycles. The van der Waals surface area contributed by atoms with Crippen molar-refractivity contribution in [2.45, 2.75) is 25.9 Å². The monoisotopic (exact) mass is 558 g/mol. The van der Waals surface area contributed by atoms with E-state index in [-0.39, 0.29) is 23.3 Å². The Hall–Kier alpha value is -4.45. The first kappa shape index (κ1) is 28.6. The van der Waals surface area contributed by atoms with Gasteiger partial charge >= 0.3 is 6.11 Å². The average molecular weight is 558 g/mol. The van der Waals surface area contributed by atoms with Gasteiger partial charge in [-0.1, -0.05) is 43.4 Å². The number of benzene rings is 4. The molecule has 0 heterocycles. The Labute approximate surface area is 226 Å². The predicted molar refractivity (Wildman–Crippen MR) is 135 cm³/mol. The smallest absolute Gasteiger partial charge is 0.429 e. The van der Waals surface area contributed by atoms with Crippen LogP contribution in [0.5, 0.6) is 11.5 Å². The first-order chi connectivity index (χ1) is 19.1. The van der Waals surface area contributed by atoms with Gasteiger partial charge < -0.3 is 9.47 Å². The summed E-state index contributed by atoms with van der Waals surface area (Å²) in [6.07, 6.45) is -2.40. The van der Waals surface area contributed by atoms with Crippen LogP contribution in [0.1, 0.15) is 36.5 Å². The van der Waals surface area contributed by atoms with Gasteiger partial charge in [-0.3, -0.25) is 0 Å². The minimum absolute atomic E-state index is 0.00165. The zero-order valence-electron chi connectivity index (χ0n) is 21.0. The third-order valence-electron chi connectivity index (χ3n) is 5.75. The fourth-order valence-corrected chi connectivity index (χ4v) is 3.64. The van der Waals surface area contributed by atoms with Gasteiger partial charge in [0.05, 0.1) is 12.2 Å². The number of alkyl halides is 2. The van der Waals surface area contributed by atoms with E-state index in [9.17, 15) is 30.7 Å². The molecule has 0 aromatic heterocycles. The first-order valence-corrected chi connectivity index (χ1v) is 12.1. The zero-order valence-corrected chi connectivity index (χ0v) is 21.0. The Morgan fingerprint density at radius 2 is 1.35 bits per heavy atom. The van der Waals surface area contributed by atoms with Gasteiger partial charge in [0.15, 0.2) is 17.5 Å². The molecule has 206 valence electrons. The van der Waals surface area contributed by atoms with Crippen LogP contribution in [-0.2, 0) is 6.11 Å². The second-order valence-electron chi connectivity index (χ2n) is 8.69. The van der Waals surface area contributed by atoms with Crippen molar-refractivity contribution in [2.24, 2.45) is 0 Å². The van der Waals surface area contributed by atoms with Gasteiger partial charge in [-0.15, -0.1) is 0 Å². The highest BCUT2D eigenvalue weighted by Gasteiger charge is 2.38. The topological polar surface area (TPSA) is 18.5 Å². The highest BCUT2D eigenvalue weighted by Crippen LogP contribution is 2.34. The lowest BCUT2D eigenvalue weighted by molar-refractivity contribution is -0.187. The van der Waals surface area contributed by atoms with E-state index in [2.05, 4.69) is 23.5 Å². The maximum absolute atomic E-state index is 14.7. The summed E-state index contributed by atoms with van der Waals surface area (Å²) in [6.45, 7) is 2.67. The Morgan fingerprint density at radius 1 is 0.675 bits per heavy atom. The van der Waals surface area contributed by atoms with Gasteiger partial charge in [-0.2, -0.15) is 8.78 Å². The van der Waals surface area contributed by atoms with E-state index in [4.69, 9.17) is 4.74 Å². The largest absolute Gasteiger partial charge is 0.494 e. The van der Waals surface area contributed by atoms with Crippen molar-refractivity contribution in [3.8, 4) is 34.5 Å². The molecule has 0 unspecified atom stereocenters. The van der Waals surface area contributed by atoms with Crippen LogP contribution in [0.4, 0.5) is 30.7 Å². The van der Waals surface area contributed by atoms with Gasteiger partial charge in [0.1, 0.15) is 28.7 Å². The lowest BCUT2D eigenvalue weighted by Gasteiger charge is -2.19. The quantitative estimate of drug-likeness (QED) is 0.0932. The summed E-state index contributed by atoms with van der Waals surface area (Å²) in [5.74, 6) is -2.71. The molecule has 0 aliphatic heterocycles. The summed E-state index contributed by atoms with van der Waals surface area (Å²) in [6, 6.07) is 14.4. The molecule has 0 bridgehead atoms. The van der Waals surface area contributed by atoms with Crippen molar-refractivity contribution in [2.75, 3.05) is 6.61 Å². The van der Waals surface area contributed by atoms with Crippen molar-refractivity contribution in [1.82, 2.24) is 0 Å². The van der Waals surface area contributed by atoms with Crippen molar-refractivity contribution in [3.63, 3.8) is 0 Å². The Balaban J connectivity index is 1.48. The van der Waals surface area contributed by atoms with E-state index in [1.54, 1.807) is 30.3 Å². The van der Waals surface area contributed by atoms with E-state index >= 15 is 0 Å². The number of ether oxygens (including phenoxy) is 2. The minimum Gasteiger partial charge on any atom is -0.494 e. The van der Waals surface area contributed by atoms with Crippen LogP contribution in [0.15, 0.2) is 72.8 Å². The maximum Gasteiger partial charge on any atom is 0.429 e. The normalized spacial score (nSPS) is 11.1. The third-order valence-corrected chi connectivity index (χ3v) is 5.75. The molecule has 0 amide bonds. The molecule has 0 N–H and O–H groups in total. The molecule has 0 radical (unpaired) electrons. The molecule has 4 aromatic carbocycles. The van der Waals surface area contributed by atoms with Gasteiger partial charge in [0, 0.05) is 17.7 Å². The second-order valence-corrected chi connectivity index (χ2v) is 8.69. The summed E-state index contributed by atoms with van der Waals surface area (Å²) < 4.78 is 108. The van der Waals surface area contributed by atoms with Crippen LogP contribution in [0.3, 0.4) is 0 Å². The molecule has 2 nitrogen and oxygen atoms in total. The number of hydrogen-bond acceptors (Lipinski definition) is 2. The summed E-state index contributed by atoms with van der Waals surface area (Å²) in [4.78, 5) is 0. The van der Waals surface area contributed by atoms with E-state index in [1.807, 2.05) is 0 Å². The van der Waals surface area contributed by atoms with Crippen molar-refractivity contribution in [1.29, 1.82) is 0 Å². The fourth-order valence-electron chi connectivity index (χ4n) is 3.64. The first-order valence-electron chi connectivity index (χ1n) is 12.1. The lowest BCUT2D eigenvalue weighted by atomic mass is 10.0. The summed E-state index contributed by atoms with van der Waals surface area (Å²) in [5, 5.41) is 0. The maximum atomic E-state index is 14.7. The molecular formula is C31H21F7O2. The highest BCUT2D eigenvalue weighted by atomic mass is 19.3. The Bertz CT molecular complexity index is 1550. The van der Waals surface area contributed by atoms with Crippen LogP contribution in [0.25, 0.3) is 11.1 Å². The summed E-state index contributed by atoms with van der Waals surface area (Å²) >= 11 is 0. The number of hydrogen-bond donors (Lipinski definition) is 0. The molecule has 4 aromatic rings. The number of rotatable bonds is 8. The predicted octanol–water partition coefficient (Wildman–Crippen LogP) is 8.76. The van der Waals surface area contributed by atoms with E-state index in [0.29, 0.717) is 30.1 Å². The Kier molecular flexibility index (Phi) is 8.68. The van der Waals surface area contributed by atoms with E-state index < -0.39 is 46.5 Å². The number of halogens is 7. The standard InChI is InChI=1S/C31H21F7O2/c1-2-3-14-39-23-11-9-20(10-12-23)22-8-7-21(26(32)16-22)6-4-19-5-13-25(27(33)15-19)31(37,38)40-24-17-28(34)30(36)29(35)18-24/h5,7-13,15-18H,2-3,14H2,1H3. The molecule has 40 heavy (non-hydrogen) atoms. The molecule has 0 aliphatic carbocycles. The van der Waals surface area contributed by atoms with Crippen LogP contribution in [-0.4, -0.2) is 6.61 Å². The van der Waals surface area contributed by atoms with Gasteiger partial charge in [-0.25, -0.2) is 22.0 Å². The average Bonchev–Trinajstić information content (AvgIpc) is 2.91. The minimum atomic E-state index is -4.35. The lowest BCUT2D eigenvalue weighted by Crippen LogP contribution is -2.23. The molecule has 0 fully saturated rings. The SMILES string of the molecule is CCCCOc1ccc(-c2ccc(C#Cc3ccc(C(F)(F)Oc4cc(F)c(F)c(F)c4)c(F)c3)c(F)c2)cc1. The van der Waals surface area contributed by atoms with Crippen molar-refractivity contribution < 1.29 is 40.2 Å². The molecule has 0 saturated heterocycles. The van der Waals surface area contributed by atoms with Gasteiger partial charge in [0.25, 0.3) is 0 Å². The zero-order chi connectivity index (χ0) is 28.9. The van der Waals surface area contributed by atoms with E-state index in [1.165, 1.54) is 12.1 Å². The highest BCUT2D eigenvalue weighted by molar-refractivity contribution is 5.65. The summed E-state index contributed by atoms with van der Waals surface area (Å²) in [5.41, 5.74) is 0.0650. The third kappa shape index (κ3) is 6.75. The molecular weight excluding hydrogens is 537 g/mol. The van der Waals surface area contributed by atoms with Gasteiger partial charge in [0.2, 0.25) is 0 Å². The van der Waals surface area contributed by atoms with Crippen LogP contribution in [0.2, 0.25) is 0 Å². The van der Waals surface area contributed by atoms with Crippen molar-refractivity contribution in [3.05, 3.63) is 119 Å². The van der Waals surface area contributed by atoms with Crippen LogP contribution in [0, 0.1) is 40.9 Å². The van der Waals surface area contributed by atoms with Crippen LogP contribution < -0.4 is 9.47 Å². The second kappa shape index (κ2) is 12.2.